The van der Waals surface area contributed by atoms with Gasteiger partial charge >= 0.3 is 5.97 Å². The average molecular weight is 1090 g/mol. The molecule has 2 rings (SSSR count). The Morgan fingerprint density at radius 3 is 1.26 bits per heavy atom. The van der Waals surface area contributed by atoms with Gasteiger partial charge in [0.2, 0.25) is 0 Å². The summed E-state index contributed by atoms with van der Waals surface area (Å²) >= 11 is 0. The van der Waals surface area contributed by atoms with Gasteiger partial charge in [0.05, 0.1) is 26.4 Å². The minimum atomic E-state index is -1.72. The molecule has 11 atom stereocenters. The van der Waals surface area contributed by atoms with E-state index in [1.165, 1.54) is 51.4 Å². The molecule has 0 aromatic carbocycles. The van der Waals surface area contributed by atoms with Crippen molar-refractivity contribution in [2.45, 2.75) is 261 Å². The van der Waals surface area contributed by atoms with Crippen molar-refractivity contribution >= 4 is 5.97 Å². The van der Waals surface area contributed by atoms with Crippen LogP contribution in [-0.2, 0) is 33.2 Å². The first kappa shape index (κ1) is 70.0. The number of esters is 1. The van der Waals surface area contributed by atoms with Crippen LogP contribution in [0.5, 0.6) is 0 Å². The molecule has 7 N–H and O–H groups in total. The number of hydrogen-bond acceptors (Lipinski definition) is 14. The van der Waals surface area contributed by atoms with Crippen molar-refractivity contribution in [3.63, 3.8) is 0 Å². The van der Waals surface area contributed by atoms with E-state index in [0.29, 0.717) is 13.0 Å². The molecule has 2 heterocycles. The van der Waals surface area contributed by atoms with Crippen LogP contribution in [0.15, 0.2) is 97.2 Å². The summed E-state index contributed by atoms with van der Waals surface area (Å²) in [5, 5.41) is 72.4. The van der Waals surface area contributed by atoms with Gasteiger partial charge in [0.25, 0.3) is 0 Å². The molecule has 0 spiro atoms. The number of carbonyl (C=O) groups is 1. The Balaban J connectivity index is 1.71. The van der Waals surface area contributed by atoms with Gasteiger partial charge in [-0.25, -0.2) is 0 Å². The minimum Gasteiger partial charge on any atom is -0.457 e. The molecule has 14 nitrogen and oxygen atoms in total. The van der Waals surface area contributed by atoms with Crippen molar-refractivity contribution < 1.29 is 69.0 Å². The van der Waals surface area contributed by atoms with Crippen molar-refractivity contribution in [3.05, 3.63) is 97.2 Å². The van der Waals surface area contributed by atoms with Gasteiger partial charge in [0, 0.05) is 13.0 Å². The second kappa shape index (κ2) is 48.8. The van der Waals surface area contributed by atoms with E-state index in [4.69, 9.17) is 28.4 Å². The van der Waals surface area contributed by atoms with E-state index in [0.717, 1.165) is 116 Å². The van der Waals surface area contributed by atoms with Crippen LogP contribution in [0.3, 0.4) is 0 Å². The fourth-order valence-electron chi connectivity index (χ4n) is 8.86. The highest BCUT2D eigenvalue weighted by Gasteiger charge is 2.47. The molecule has 0 radical (unpaired) electrons. The molecule has 2 saturated heterocycles. The van der Waals surface area contributed by atoms with Gasteiger partial charge in [0.15, 0.2) is 12.6 Å². The van der Waals surface area contributed by atoms with E-state index in [1.807, 2.05) is 0 Å². The molecule has 0 aliphatic carbocycles. The lowest BCUT2D eigenvalue weighted by molar-refractivity contribution is -0.332. The molecular weight excluding hydrogens is 981 g/mol. The van der Waals surface area contributed by atoms with Crippen LogP contribution in [0.2, 0.25) is 0 Å². The molecule has 0 saturated carbocycles. The highest BCUT2D eigenvalue weighted by Crippen LogP contribution is 2.26. The van der Waals surface area contributed by atoms with E-state index >= 15 is 0 Å². The van der Waals surface area contributed by atoms with E-state index in [9.17, 15) is 40.5 Å². The van der Waals surface area contributed by atoms with Crippen LogP contribution in [0.4, 0.5) is 0 Å². The van der Waals surface area contributed by atoms with Crippen molar-refractivity contribution in [2.75, 3.05) is 33.0 Å². The highest BCUT2D eigenvalue weighted by atomic mass is 16.7. The number of hydrogen-bond donors (Lipinski definition) is 7. The lowest BCUT2D eigenvalue weighted by atomic mass is 9.98. The summed E-state index contributed by atoms with van der Waals surface area (Å²) in [6.45, 7) is 3.43. The van der Waals surface area contributed by atoms with E-state index in [-0.39, 0.29) is 19.6 Å². The minimum absolute atomic E-state index is 0.0477. The maximum Gasteiger partial charge on any atom is 0.306 e. The molecule has 14 heteroatoms. The topological polar surface area (TPSA) is 214 Å². The van der Waals surface area contributed by atoms with Crippen molar-refractivity contribution in [3.8, 4) is 0 Å². The van der Waals surface area contributed by atoms with Crippen molar-refractivity contribution in [1.29, 1.82) is 0 Å². The molecule has 0 aromatic heterocycles. The average Bonchev–Trinajstić information content (AvgIpc) is 3.43. The predicted octanol–water partition coefficient (Wildman–Crippen LogP) is 11.0. The predicted molar refractivity (Wildman–Crippen MR) is 307 cm³/mol. The van der Waals surface area contributed by atoms with E-state index < -0.39 is 86.7 Å². The zero-order chi connectivity index (χ0) is 55.8. The van der Waals surface area contributed by atoms with Crippen LogP contribution in [0.25, 0.3) is 0 Å². The van der Waals surface area contributed by atoms with Crippen LogP contribution >= 0.6 is 0 Å². The van der Waals surface area contributed by atoms with Gasteiger partial charge in [-0.05, 0) is 89.9 Å². The zero-order valence-electron chi connectivity index (χ0n) is 47.4. The molecule has 2 fully saturated rings. The molecule has 0 bridgehead atoms. The van der Waals surface area contributed by atoms with Crippen LogP contribution in [0.1, 0.15) is 194 Å². The number of ether oxygens (including phenoxy) is 6. The first-order valence-electron chi connectivity index (χ1n) is 29.8. The number of aliphatic hydroxyl groups is 7. The fraction of sp³-hybridized carbons (Fsp3) is 0.730. The summed E-state index contributed by atoms with van der Waals surface area (Å²) in [6, 6.07) is 0. The van der Waals surface area contributed by atoms with Crippen molar-refractivity contribution in [1.82, 2.24) is 0 Å². The third-order valence-electron chi connectivity index (χ3n) is 13.6. The Bertz CT molecular complexity index is 1640. The number of allylic oxidation sites excluding steroid dienone is 16. The van der Waals surface area contributed by atoms with Crippen LogP contribution in [0, 0.1) is 0 Å². The van der Waals surface area contributed by atoms with Gasteiger partial charge in [-0.15, -0.1) is 0 Å². The summed E-state index contributed by atoms with van der Waals surface area (Å²) in [5.41, 5.74) is 0. The Morgan fingerprint density at radius 2 is 0.805 bits per heavy atom. The summed E-state index contributed by atoms with van der Waals surface area (Å²) in [5.74, 6) is -0.394. The van der Waals surface area contributed by atoms with Gasteiger partial charge in [-0.2, -0.15) is 0 Å². The molecule has 0 aromatic rings. The lowest BCUT2D eigenvalue weighted by Gasteiger charge is -2.42. The molecule has 0 amide bonds. The summed E-state index contributed by atoms with van der Waals surface area (Å²) < 4.78 is 34.4. The largest absolute Gasteiger partial charge is 0.457 e. The third-order valence-corrected chi connectivity index (χ3v) is 13.6. The zero-order valence-corrected chi connectivity index (χ0v) is 47.4. The first-order valence-corrected chi connectivity index (χ1v) is 29.8. The Labute approximate surface area is 464 Å². The standard InChI is InChI=1S/C63H106O14/c1-3-5-7-9-11-13-15-17-19-21-23-24-25-26-27-29-31-33-35-37-39-41-43-45-47-72-49-52(75-55(65)46-44-42-40-38-36-34-32-30-28-22-20-18-16-14-12-10-8-6-4-2)50-73-62-61(71)59(69)57(67)54(77-62)51-74-63-60(70)58(68)56(66)53(48-64)76-63/h5-8,11-14,17-20,23-24,28,30,52-54,56-64,66-71H,3-4,9-10,15-16,21-22,25-27,29,31-51H2,1-2H3/b7-5-,8-6-,13-11-,14-12-,19-17-,20-18-,24-23-,30-28-. The Morgan fingerprint density at radius 1 is 0.429 bits per heavy atom. The number of rotatable bonds is 47. The number of aliphatic hydroxyl groups excluding tert-OH is 7. The summed E-state index contributed by atoms with van der Waals surface area (Å²) in [7, 11) is 0. The summed E-state index contributed by atoms with van der Waals surface area (Å²) in [4.78, 5) is 13.1. The van der Waals surface area contributed by atoms with Crippen LogP contribution < -0.4 is 0 Å². The smallest absolute Gasteiger partial charge is 0.306 e. The second-order valence-corrected chi connectivity index (χ2v) is 20.4. The van der Waals surface area contributed by atoms with Gasteiger partial charge < -0.3 is 64.2 Å². The first-order chi connectivity index (χ1) is 37.6. The monoisotopic (exact) mass is 1090 g/mol. The molecule has 77 heavy (non-hydrogen) atoms. The van der Waals surface area contributed by atoms with Crippen molar-refractivity contribution in [2.24, 2.45) is 0 Å². The molecule has 2 aliphatic heterocycles. The van der Waals surface area contributed by atoms with Gasteiger partial charge in [-0.1, -0.05) is 195 Å². The highest BCUT2D eigenvalue weighted by molar-refractivity contribution is 5.69. The fourth-order valence-corrected chi connectivity index (χ4v) is 8.86. The van der Waals surface area contributed by atoms with Gasteiger partial charge in [0.1, 0.15) is 54.9 Å². The summed E-state index contributed by atoms with van der Waals surface area (Å²) in [6.07, 6.45) is 48.9. The molecule has 2 aliphatic rings. The number of carbonyl (C=O) groups excluding carboxylic acids is 1. The Kier molecular flexibility index (Phi) is 44.4. The second-order valence-electron chi connectivity index (χ2n) is 20.4. The maximum absolute atomic E-state index is 13.1. The number of unbranched alkanes of at least 4 members (excludes halogenated alkanes) is 17. The third kappa shape index (κ3) is 35.3. The SMILES string of the molecule is CC/C=C\C/C=C\C/C=C\C/C=C\CCCCCCCCCCCCCOCC(COC1OC(COC2OC(CO)C(O)C(O)C2O)C(O)C(O)C1O)OC(=O)CCCCCCCC/C=C\C/C=C\C/C=C\C/C=C\CC. The van der Waals surface area contributed by atoms with E-state index in [1.54, 1.807) is 0 Å². The lowest BCUT2D eigenvalue weighted by Crippen LogP contribution is -2.61. The normalized spacial score (nSPS) is 25.0. The molecular formula is C63H106O14. The molecule has 11 unspecified atom stereocenters. The van der Waals surface area contributed by atoms with E-state index in [2.05, 4.69) is 111 Å². The van der Waals surface area contributed by atoms with Crippen LogP contribution in [-0.4, -0.2) is 142 Å². The van der Waals surface area contributed by atoms with Gasteiger partial charge in [-0.3, -0.25) is 4.79 Å². The Hall–Kier alpha value is -3.09. The molecule has 442 valence electrons. The maximum atomic E-state index is 13.1. The quantitative estimate of drug-likeness (QED) is 0.0172.